The van der Waals surface area contributed by atoms with Gasteiger partial charge in [-0.1, -0.05) is 305 Å². The predicted molar refractivity (Wildman–Crippen MR) is 358 cm³/mol. The van der Waals surface area contributed by atoms with E-state index in [1.54, 1.807) is 0 Å². The van der Waals surface area contributed by atoms with Crippen LogP contribution in [-0.2, 0) is 65.4 Å². The molecule has 0 spiro atoms. The van der Waals surface area contributed by atoms with Gasteiger partial charge >= 0.3 is 39.5 Å². The molecule has 0 radical (unpaired) electrons. The maximum Gasteiger partial charge on any atom is 0.472 e. The number of aliphatic hydroxyl groups is 1. The molecule has 0 heterocycles. The molecular formula is C70H136O17P2. The first-order chi connectivity index (χ1) is 42.9. The number of aliphatic hydroxyl groups excluding tert-OH is 1. The van der Waals surface area contributed by atoms with Gasteiger partial charge in [-0.2, -0.15) is 0 Å². The summed E-state index contributed by atoms with van der Waals surface area (Å²) in [6.45, 7) is 9.43. The van der Waals surface area contributed by atoms with Crippen LogP contribution >= 0.6 is 15.6 Å². The zero-order valence-electron chi connectivity index (χ0n) is 57.7. The number of phosphoric acid groups is 2. The molecule has 89 heavy (non-hydrogen) atoms. The molecular weight excluding hydrogens is 1170 g/mol. The topological polar surface area (TPSA) is 237 Å². The van der Waals surface area contributed by atoms with Gasteiger partial charge in [0, 0.05) is 25.7 Å². The van der Waals surface area contributed by atoms with E-state index in [0.29, 0.717) is 31.6 Å². The van der Waals surface area contributed by atoms with E-state index >= 15 is 0 Å². The maximum absolute atomic E-state index is 13.0. The lowest BCUT2D eigenvalue weighted by atomic mass is 10.0. The van der Waals surface area contributed by atoms with E-state index in [-0.39, 0.29) is 25.7 Å². The zero-order valence-corrected chi connectivity index (χ0v) is 59.5. The quantitative estimate of drug-likeness (QED) is 0.0222. The molecule has 19 heteroatoms. The van der Waals surface area contributed by atoms with Gasteiger partial charge in [0.15, 0.2) is 12.2 Å². The molecule has 0 rings (SSSR count). The lowest BCUT2D eigenvalue weighted by Gasteiger charge is -2.21. The standard InChI is InChI=1S/C70H136O17P2/c1-7-9-11-13-15-16-17-18-19-20-21-22-23-28-31-35-42-48-54-69(74)86-65(59-81-68(73)53-47-41-34-30-27-25-24-26-29-33-38-44-50-62(3)4)60-84-88(76,77)82-56-64(71)57-83-89(78,79)85-61-66(58-80-67(72)52-46-40-32-14-12-10-8-2)87-70(75)55-49-43-37-36-39-45-51-63(5)6/h62-66,71H,7-61H2,1-6H3,(H,76,77)(H,78,79)/t64-,65-,66-/m1/s1. The summed E-state index contributed by atoms with van der Waals surface area (Å²) in [6, 6.07) is 0. The summed E-state index contributed by atoms with van der Waals surface area (Å²) in [5, 5.41) is 10.6. The average Bonchev–Trinajstić information content (AvgIpc) is 3.57. The van der Waals surface area contributed by atoms with Crippen molar-refractivity contribution in [1.82, 2.24) is 0 Å². The minimum absolute atomic E-state index is 0.102. The van der Waals surface area contributed by atoms with Crippen molar-refractivity contribution in [2.24, 2.45) is 11.8 Å². The normalized spacial score (nSPS) is 14.1. The molecule has 17 nitrogen and oxygen atoms in total. The van der Waals surface area contributed by atoms with Crippen molar-refractivity contribution in [3.05, 3.63) is 0 Å². The molecule has 2 unspecified atom stereocenters. The van der Waals surface area contributed by atoms with Gasteiger partial charge in [-0.15, -0.1) is 0 Å². The van der Waals surface area contributed by atoms with Crippen molar-refractivity contribution < 1.29 is 80.2 Å². The van der Waals surface area contributed by atoms with Gasteiger partial charge in [0.25, 0.3) is 0 Å². The van der Waals surface area contributed by atoms with Crippen molar-refractivity contribution in [1.29, 1.82) is 0 Å². The van der Waals surface area contributed by atoms with Crippen LogP contribution in [0.3, 0.4) is 0 Å². The number of hydrogen-bond acceptors (Lipinski definition) is 15. The monoisotopic (exact) mass is 1310 g/mol. The molecule has 5 atom stereocenters. The van der Waals surface area contributed by atoms with Gasteiger partial charge in [-0.25, -0.2) is 9.13 Å². The summed E-state index contributed by atoms with van der Waals surface area (Å²) in [7, 11) is -9.89. The Kier molecular flexibility index (Phi) is 60.8. The fraction of sp³-hybridized carbons (Fsp3) is 0.943. The van der Waals surface area contributed by atoms with Crippen LogP contribution in [0, 0.1) is 11.8 Å². The molecule has 528 valence electrons. The van der Waals surface area contributed by atoms with Crippen molar-refractivity contribution in [3.8, 4) is 0 Å². The molecule has 0 fully saturated rings. The lowest BCUT2D eigenvalue weighted by molar-refractivity contribution is -0.161. The molecule has 0 aromatic carbocycles. The van der Waals surface area contributed by atoms with Crippen molar-refractivity contribution in [2.75, 3.05) is 39.6 Å². The second-order valence-electron chi connectivity index (χ2n) is 26.2. The largest absolute Gasteiger partial charge is 0.472 e. The lowest BCUT2D eigenvalue weighted by Crippen LogP contribution is -2.30. The Bertz CT molecular complexity index is 1730. The molecule has 0 aromatic rings. The van der Waals surface area contributed by atoms with E-state index in [0.717, 1.165) is 109 Å². The SMILES string of the molecule is CCCCCCCCCCCCCCCCCCCCC(=O)O[C@H](COC(=O)CCCCCCCCCCCCCCC(C)C)COP(=O)(O)OC[C@@H](O)COP(=O)(O)OC[C@@H](COC(=O)CCCCCCCCC)OC(=O)CCCCCCCCC(C)C. The molecule has 0 aliphatic heterocycles. The first-order valence-electron chi connectivity index (χ1n) is 36.5. The Hall–Kier alpha value is -1.94. The highest BCUT2D eigenvalue weighted by Gasteiger charge is 2.30. The van der Waals surface area contributed by atoms with E-state index in [2.05, 4.69) is 41.5 Å². The van der Waals surface area contributed by atoms with Crippen LogP contribution in [0.25, 0.3) is 0 Å². The second-order valence-corrected chi connectivity index (χ2v) is 29.1. The van der Waals surface area contributed by atoms with Gasteiger partial charge in [0.05, 0.1) is 26.4 Å². The van der Waals surface area contributed by atoms with Crippen LogP contribution in [0.4, 0.5) is 0 Å². The van der Waals surface area contributed by atoms with E-state index in [4.69, 9.17) is 37.0 Å². The first kappa shape index (κ1) is 87.1. The summed E-state index contributed by atoms with van der Waals surface area (Å²) in [4.78, 5) is 72.3. The van der Waals surface area contributed by atoms with Crippen LogP contribution in [0.5, 0.6) is 0 Å². The van der Waals surface area contributed by atoms with Gasteiger partial charge in [-0.05, 0) is 37.5 Å². The summed E-state index contributed by atoms with van der Waals surface area (Å²) in [6.07, 6.45) is 47.6. The van der Waals surface area contributed by atoms with E-state index in [1.807, 2.05) is 0 Å². The van der Waals surface area contributed by atoms with Crippen molar-refractivity contribution in [2.45, 2.75) is 374 Å². The Morgan fingerprint density at radius 2 is 0.517 bits per heavy atom. The van der Waals surface area contributed by atoms with E-state index in [9.17, 15) is 43.2 Å². The van der Waals surface area contributed by atoms with Crippen LogP contribution in [0.1, 0.15) is 356 Å². The number of rotatable bonds is 69. The van der Waals surface area contributed by atoms with Crippen molar-refractivity contribution in [3.63, 3.8) is 0 Å². The third kappa shape index (κ3) is 64.6. The summed E-state index contributed by atoms with van der Waals surface area (Å²) in [5.41, 5.74) is 0. The fourth-order valence-corrected chi connectivity index (χ4v) is 12.2. The van der Waals surface area contributed by atoms with Gasteiger partial charge < -0.3 is 33.8 Å². The Balaban J connectivity index is 5.18. The van der Waals surface area contributed by atoms with Crippen LogP contribution in [-0.4, -0.2) is 96.7 Å². The smallest absolute Gasteiger partial charge is 0.462 e. The summed E-state index contributed by atoms with van der Waals surface area (Å²) >= 11 is 0. The summed E-state index contributed by atoms with van der Waals surface area (Å²) < 4.78 is 68.1. The molecule has 0 bridgehead atoms. The number of carbonyl (C=O) groups is 4. The fourth-order valence-electron chi connectivity index (χ4n) is 10.6. The molecule has 0 aliphatic rings. The summed E-state index contributed by atoms with van der Waals surface area (Å²) in [5.74, 6) is -0.681. The molecule has 0 aliphatic carbocycles. The minimum atomic E-state index is -4.95. The number of hydrogen-bond donors (Lipinski definition) is 3. The number of carbonyl (C=O) groups excluding carboxylic acids is 4. The van der Waals surface area contributed by atoms with E-state index in [1.165, 1.54) is 161 Å². The van der Waals surface area contributed by atoms with E-state index < -0.39 is 97.5 Å². The molecule has 0 saturated heterocycles. The minimum Gasteiger partial charge on any atom is -0.462 e. The Morgan fingerprint density at radius 1 is 0.303 bits per heavy atom. The molecule has 0 saturated carbocycles. The highest BCUT2D eigenvalue weighted by Crippen LogP contribution is 2.45. The van der Waals surface area contributed by atoms with Crippen LogP contribution < -0.4 is 0 Å². The third-order valence-electron chi connectivity index (χ3n) is 16.2. The zero-order chi connectivity index (χ0) is 65.7. The van der Waals surface area contributed by atoms with Crippen LogP contribution in [0.15, 0.2) is 0 Å². The number of ether oxygens (including phenoxy) is 4. The number of esters is 4. The van der Waals surface area contributed by atoms with Crippen molar-refractivity contribution >= 4 is 39.5 Å². The van der Waals surface area contributed by atoms with Gasteiger partial charge in [0.1, 0.15) is 19.3 Å². The van der Waals surface area contributed by atoms with Crippen LogP contribution in [0.2, 0.25) is 0 Å². The maximum atomic E-state index is 13.0. The first-order valence-corrected chi connectivity index (χ1v) is 39.5. The second kappa shape index (κ2) is 62.2. The molecule has 0 aromatic heterocycles. The average molecular weight is 1310 g/mol. The van der Waals surface area contributed by atoms with Gasteiger partial charge in [0.2, 0.25) is 0 Å². The van der Waals surface area contributed by atoms with Gasteiger partial charge in [-0.3, -0.25) is 37.3 Å². The molecule has 0 amide bonds. The third-order valence-corrected chi connectivity index (χ3v) is 18.1. The number of phosphoric ester groups is 2. The highest BCUT2D eigenvalue weighted by molar-refractivity contribution is 7.47. The Morgan fingerprint density at radius 3 is 0.764 bits per heavy atom. The Labute approximate surface area is 543 Å². The molecule has 3 N–H and O–H groups in total. The highest BCUT2D eigenvalue weighted by atomic mass is 31.2. The predicted octanol–water partition coefficient (Wildman–Crippen LogP) is 20.0. The number of unbranched alkanes of at least 4 members (excludes halogenated alkanes) is 39.